The minimum absolute atomic E-state index is 0.358. The Morgan fingerprint density at radius 1 is 1.55 bits per heavy atom. The normalized spacial score (nSPS) is 25.8. The van der Waals surface area contributed by atoms with E-state index >= 15 is 0 Å². The Hall–Kier alpha value is -0.570. The summed E-state index contributed by atoms with van der Waals surface area (Å²) in [5, 5.41) is 3.21. The van der Waals surface area contributed by atoms with Crippen LogP contribution in [-0.4, -0.2) is 37.0 Å². The van der Waals surface area contributed by atoms with Crippen molar-refractivity contribution in [3.05, 3.63) is 0 Å². The van der Waals surface area contributed by atoms with E-state index in [0.717, 1.165) is 44.9 Å². The summed E-state index contributed by atoms with van der Waals surface area (Å²) in [4.78, 5) is 13.2. The topological polar surface area (TPSA) is 32.3 Å². The van der Waals surface area contributed by atoms with E-state index in [0.29, 0.717) is 5.91 Å². The molecule has 11 heavy (non-hydrogen) atoms. The predicted molar refractivity (Wildman–Crippen MR) is 42.2 cm³/mol. The van der Waals surface area contributed by atoms with Crippen molar-refractivity contribution in [1.29, 1.82) is 0 Å². The molecule has 2 fully saturated rings. The van der Waals surface area contributed by atoms with Crippen LogP contribution in [0, 0.1) is 5.92 Å². The second-order valence-corrected chi connectivity index (χ2v) is 3.47. The zero-order chi connectivity index (χ0) is 7.68. The second-order valence-electron chi connectivity index (χ2n) is 3.47. The van der Waals surface area contributed by atoms with Gasteiger partial charge in [-0.15, -0.1) is 0 Å². The summed E-state index contributed by atoms with van der Waals surface area (Å²) in [5.41, 5.74) is 0. The maximum Gasteiger partial charge on any atom is 0.222 e. The number of hydrogen-bond donors (Lipinski definition) is 1. The summed E-state index contributed by atoms with van der Waals surface area (Å²) in [6.07, 6.45) is 1.85. The van der Waals surface area contributed by atoms with E-state index in [9.17, 15) is 4.79 Å². The van der Waals surface area contributed by atoms with Gasteiger partial charge in [-0.1, -0.05) is 0 Å². The van der Waals surface area contributed by atoms with Crippen LogP contribution in [0.5, 0.6) is 0 Å². The Morgan fingerprint density at radius 2 is 2.36 bits per heavy atom. The van der Waals surface area contributed by atoms with E-state index in [-0.39, 0.29) is 0 Å². The van der Waals surface area contributed by atoms with E-state index in [1.807, 2.05) is 4.90 Å². The quantitative estimate of drug-likeness (QED) is 0.599. The number of nitrogens with zero attached hydrogens (tertiary/aromatic N) is 1. The monoisotopic (exact) mass is 154 g/mol. The molecule has 1 amide bonds. The Balaban J connectivity index is 1.80. The highest BCUT2D eigenvalue weighted by molar-refractivity contribution is 5.78. The molecule has 2 rings (SSSR count). The minimum atomic E-state index is 0.358. The zero-order valence-electron chi connectivity index (χ0n) is 6.68. The van der Waals surface area contributed by atoms with Gasteiger partial charge in [0, 0.05) is 38.5 Å². The average Bonchev–Trinajstić information content (AvgIpc) is 2.27. The molecule has 1 N–H and O–H groups in total. The molecule has 0 aromatic rings. The number of likely N-dealkylation sites (tertiary alicyclic amines) is 1. The van der Waals surface area contributed by atoms with Gasteiger partial charge < -0.3 is 10.2 Å². The van der Waals surface area contributed by atoms with Gasteiger partial charge in [-0.05, 0) is 6.42 Å². The molecule has 0 aliphatic carbocycles. The number of amides is 1. The Labute approximate surface area is 66.8 Å². The van der Waals surface area contributed by atoms with Crippen LogP contribution in [0.2, 0.25) is 0 Å². The second kappa shape index (κ2) is 2.81. The smallest absolute Gasteiger partial charge is 0.222 e. The maximum atomic E-state index is 11.2. The van der Waals surface area contributed by atoms with E-state index < -0.39 is 0 Å². The third kappa shape index (κ3) is 1.38. The van der Waals surface area contributed by atoms with E-state index in [1.165, 1.54) is 0 Å². The lowest BCUT2D eigenvalue weighted by Crippen LogP contribution is -2.48. The number of rotatable bonds is 2. The first-order valence-corrected chi connectivity index (χ1v) is 4.35. The number of carbonyl (C=O) groups excluding carboxylic acids is 1. The van der Waals surface area contributed by atoms with Crippen molar-refractivity contribution in [2.75, 3.05) is 26.2 Å². The number of nitrogens with one attached hydrogen (secondary N) is 1. The van der Waals surface area contributed by atoms with Crippen LogP contribution < -0.4 is 5.32 Å². The van der Waals surface area contributed by atoms with Gasteiger partial charge in [0.05, 0.1) is 0 Å². The van der Waals surface area contributed by atoms with Crippen LogP contribution in [-0.2, 0) is 4.79 Å². The van der Waals surface area contributed by atoms with Crippen molar-refractivity contribution >= 4 is 5.91 Å². The molecule has 0 unspecified atom stereocenters. The summed E-state index contributed by atoms with van der Waals surface area (Å²) in [5.74, 6) is 1.09. The van der Waals surface area contributed by atoms with E-state index in [2.05, 4.69) is 5.32 Å². The SMILES string of the molecule is O=C1CCCN1CC1CNC1. The average molecular weight is 154 g/mol. The fourth-order valence-electron chi connectivity index (χ4n) is 1.69. The summed E-state index contributed by atoms with van der Waals surface area (Å²) in [6.45, 7) is 4.19. The molecule has 3 heteroatoms. The molecule has 2 saturated heterocycles. The highest BCUT2D eigenvalue weighted by atomic mass is 16.2. The molecular weight excluding hydrogens is 140 g/mol. The van der Waals surface area contributed by atoms with Gasteiger partial charge in [0.1, 0.15) is 0 Å². The summed E-state index contributed by atoms with van der Waals surface area (Å²) >= 11 is 0. The first-order chi connectivity index (χ1) is 5.36. The zero-order valence-corrected chi connectivity index (χ0v) is 6.68. The molecule has 3 nitrogen and oxygen atoms in total. The van der Waals surface area contributed by atoms with Crippen molar-refractivity contribution < 1.29 is 4.79 Å². The minimum Gasteiger partial charge on any atom is -0.342 e. The van der Waals surface area contributed by atoms with Crippen molar-refractivity contribution in [2.24, 2.45) is 5.92 Å². The highest BCUT2D eigenvalue weighted by Gasteiger charge is 2.25. The fraction of sp³-hybridized carbons (Fsp3) is 0.875. The Bertz CT molecular complexity index is 165. The third-order valence-electron chi connectivity index (χ3n) is 2.52. The Kier molecular flexibility index (Phi) is 1.82. The summed E-state index contributed by atoms with van der Waals surface area (Å²) in [6, 6.07) is 0. The molecule has 2 heterocycles. The molecule has 0 bridgehead atoms. The lowest BCUT2D eigenvalue weighted by atomic mass is 10.0. The lowest BCUT2D eigenvalue weighted by molar-refractivity contribution is -0.128. The molecule has 0 aromatic carbocycles. The van der Waals surface area contributed by atoms with Gasteiger partial charge in [-0.25, -0.2) is 0 Å². The molecule has 0 saturated carbocycles. The van der Waals surface area contributed by atoms with E-state index in [1.54, 1.807) is 0 Å². The molecule has 0 atom stereocenters. The molecular formula is C8H14N2O. The van der Waals surface area contributed by atoms with Crippen LogP contribution >= 0.6 is 0 Å². The van der Waals surface area contributed by atoms with Crippen LogP contribution in [0.3, 0.4) is 0 Å². The van der Waals surface area contributed by atoms with Gasteiger partial charge in [0.15, 0.2) is 0 Å². The molecule has 2 aliphatic rings. The van der Waals surface area contributed by atoms with Gasteiger partial charge in [0.25, 0.3) is 0 Å². The van der Waals surface area contributed by atoms with Gasteiger partial charge >= 0.3 is 0 Å². The molecule has 0 spiro atoms. The largest absolute Gasteiger partial charge is 0.342 e. The van der Waals surface area contributed by atoms with Crippen molar-refractivity contribution in [3.8, 4) is 0 Å². The van der Waals surface area contributed by atoms with Crippen molar-refractivity contribution in [1.82, 2.24) is 10.2 Å². The summed E-state index contributed by atoms with van der Waals surface area (Å²) in [7, 11) is 0. The van der Waals surface area contributed by atoms with Crippen molar-refractivity contribution in [3.63, 3.8) is 0 Å². The maximum absolute atomic E-state index is 11.2. The first kappa shape index (κ1) is 7.10. The van der Waals surface area contributed by atoms with Crippen LogP contribution in [0.1, 0.15) is 12.8 Å². The number of hydrogen-bond acceptors (Lipinski definition) is 2. The third-order valence-corrected chi connectivity index (χ3v) is 2.52. The van der Waals surface area contributed by atoms with Gasteiger partial charge in [-0.3, -0.25) is 4.79 Å². The fourth-order valence-corrected chi connectivity index (χ4v) is 1.69. The standard InChI is InChI=1S/C8H14N2O/c11-8-2-1-3-10(8)6-7-4-9-5-7/h7,9H,1-6H2. The van der Waals surface area contributed by atoms with Crippen LogP contribution in [0.15, 0.2) is 0 Å². The van der Waals surface area contributed by atoms with E-state index in [4.69, 9.17) is 0 Å². The molecule has 0 radical (unpaired) electrons. The predicted octanol–water partition coefficient (Wildman–Crippen LogP) is -0.172. The van der Waals surface area contributed by atoms with Gasteiger partial charge in [0.2, 0.25) is 5.91 Å². The van der Waals surface area contributed by atoms with Crippen LogP contribution in [0.25, 0.3) is 0 Å². The summed E-state index contributed by atoms with van der Waals surface area (Å²) < 4.78 is 0. The highest BCUT2D eigenvalue weighted by Crippen LogP contribution is 2.13. The van der Waals surface area contributed by atoms with Gasteiger partial charge in [-0.2, -0.15) is 0 Å². The molecule has 62 valence electrons. The Morgan fingerprint density at radius 3 is 2.82 bits per heavy atom. The number of carbonyl (C=O) groups is 1. The van der Waals surface area contributed by atoms with Crippen molar-refractivity contribution in [2.45, 2.75) is 12.8 Å². The first-order valence-electron chi connectivity index (χ1n) is 4.35. The molecule has 2 aliphatic heterocycles. The molecule has 0 aromatic heterocycles. The lowest BCUT2D eigenvalue weighted by Gasteiger charge is -2.30. The van der Waals surface area contributed by atoms with Crippen LogP contribution in [0.4, 0.5) is 0 Å².